The number of benzene rings is 2. The van der Waals surface area contributed by atoms with Crippen LogP contribution < -0.4 is 10.2 Å². The Kier molecular flexibility index (Phi) is 5.46. The zero-order valence-electron chi connectivity index (χ0n) is 18.5. The summed E-state index contributed by atoms with van der Waals surface area (Å²) in [5.74, 6) is -0.200. The molecule has 1 heterocycles. The van der Waals surface area contributed by atoms with Crippen LogP contribution in [0.1, 0.15) is 58.6 Å². The summed E-state index contributed by atoms with van der Waals surface area (Å²) >= 11 is 0. The summed E-state index contributed by atoms with van der Waals surface area (Å²) < 4.78 is 13.7. The number of carbonyl (C=O) groups excluding carboxylic acids is 2. The summed E-state index contributed by atoms with van der Waals surface area (Å²) in [6.07, 6.45) is 1.47. The quantitative estimate of drug-likeness (QED) is 0.661. The molecule has 0 fully saturated rings. The van der Waals surface area contributed by atoms with Crippen LogP contribution in [0, 0.1) is 17.2 Å². The van der Waals surface area contributed by atoms with Crippen LogP contribution >= 0.6 is 0 Å². The Labute approximate surface area is 183 Å². The van der Waals surface area contributed by atoms with Gasteiger partial charge in [0.1, 0.15) is 5.82 Å². The molecule has 0 unspecified atom stereocenters. The average Bonchev–Trinajstić information content (AvgIpc) is 2.81. The molecule has 2 aliphatic rings. The topological polar surface area (TPSA) is 49.4 Å². The van der Waals surface area contributed by atoms with Crippen molar-refractivity contribution in [2.45, 2.75) is 53.0 Å². The fraction of sp³-hybridized carbons (Fsp3) is 0.385. The second kappa shape index (κ2) is 7.95. The molecule has 0 spiro atoms. The Bertz CT molecular complexity index is 1050. The minimum absolute atomic E-state index is 0.0308. The molecule has 2 aromatic rings. The average molecular weight is 421 g/mol. The van der Waals surface area contributed by atoms with Gasteiger partial charge in [0.25, 0.3) is 0 Å². The summed E-state index contributed by atoms with van der Waals surface area (Å²) in [5, 5.41) is 3.49. The molecule has 162 valence electrons. The second-order valence-corrected chi connectivity index (χ2v) is 9.79. The summed E-state index contributed by atoms with van der Waals surface area (Å²) in [4.78, 5) is 28.8. The molecule has 4 rings (SSSR count). The lowest BCUT2D eigenvalue weighted by atomic mass is 9.73. The number of nitrogens with one attached hydrogen (secondary N) is 1. The first-order valence-corrected chi connectivity index (χ1v) is 10.9. The zero-order valence-corrected chi connectivity index (χ0v) is 18.5. The van der Waals surface area contributed by atoms with Crippen molar-refractivity contribution in [2.75, 3.05) is 10.2 Å². The number of anilines is 2. The molecular formula is C26H29FN2O2. The third-order valence-corrected chi connectivity index (χ3v) is 5.94. The molecular weight excluding hydrogens is 391 g/mol. The Hall–Kier alpha value is -2.95. The summed E-state index contributed by atoms with van der Waals surface area (Å²) in [7, 11) is 0. The van der Waals surface area contributed by atoms with Crippen molar-refractivity contribution in [1.29, 1.82) is 0 Å². The van der Waals surface area contributed by atoms with Crippen LogP contribution in [0.15, 0.2) is 59.8 Å². The van der Waals surface area contributed by atoms with Crippen LogP contribution in [0.5, 0.6) is 0 Å². The second-order valence-electron chi connectivity index (χ2n) is 9.79. The van der Waals surface area contributed by atoms with Gasteiger partial charge in [-0.25, -0.2) is 4.39 Å². The maximum Gasteiger partial charge on any atom is 0.228 e. The summed E-state index contributed by atoms with van der Waals surface area (Å²) in [6, 6.07) is 13.2. The molecule has 2 aromatic carbocycles. The van der Waals surface area contributed by atoms with Crippen molar-refractivity contribution in [1.82, 2.24) is 0 Å². The van der Waals surface area contributed by atoms with Gasteiger partial charge in [-0.1, -0.05) is 52.0 Å². The maximum absolute atomic E-state index is 13.7. The smallest absolute Gasteiger partial charge is 0.228 e. The van der Waals surface area contributed by atoms with E-state index >= 15 is 0 Å². The van der Waals surface area contributed by atoms with Crippen molar-refractivity contribution in [3.05, 3.63) is 71.2 Å². The number of fused-ring (bicyclic) bond motifs is 1. The fourth-order valence-electron chi connectivity index (χ4n) is 4.67. The molecule has 1 N–H and O–H groups in total. The lowest BCUT2D eigenvalue weighted by Gasteiger charge is -2.37. The van der Waals surface area contributed by atoms with E-state index < -0.39 is 6.04 Å². The molecule has 1 aliphatic carbocycles. The van der Waals surface area contributed by atoms with Crippen LogP contribution in [0.4, 0.5) is 15.8 Å². The van der Waals surface area contributed by atoms with Crippen LogP contribution in [0.2, 0.25) is 0 Å². The van der Waals surface area contributed by atoms with Gasteiger partial charge in [0, 0.05) is 24.1 Å². The number of carbonyl (C=O) groups is 2. The van der Waals surface area contributed by atoms with E-state index in [4.69, 9.17) is 0 Å². The van der Waals surface area contributed by atoms with E-state index in [0.29, 0.717) is 24.8 Å². The van der Waals surface area contributed by atoms with Gasteiger partial charge >= 0.3 is 0 Å². The minimum Gasteiger partial charge on any atom is -0.357 e. The standard InChI is InChI=1S/C26H29FN2O2/c1-16(2)13-23(31)29-21-8-6-5-7-19(21)28-20-14-26(3,4)15-22(30)24(20)25(29)17-9-11-18(27)12-10-17/h5-12,16,25,28H,13-15H2,1-4H3/t25-/m0/s1. The Morgan fingerprint density at radius 3 is 2.48 bits per heavy atom. The van der Waals surface area contributed by atoms with Crippen molar-refractivity contribution >= 4 is 23.1 Å². The molecule has 4 nitrogen and oxygen atoms in total. The van der Waals surface area contributed by atoms with Crippen LogP contribution in [-0.4, -0.2) is 11.7 Å². The van der Waals surface area contributed by atoms with Crippen molar-refractivity contribution in [3.63, 3.8) is 0 Å². The molecule has 0 aromatic heterocycles. The SMILES string of the molecule is CC(C)CC(=O)N1c2ccccc2NC2=C(C(=O)CC(C)(C)C2)[C@@H]1c1ccc(F)cc1. The fourth-order valence-corrected chi connectivity index (χ4v) is 4.67. The number of allylic oxidation sites excluding steroid dienone is 1. The first kappa shape index (κ1) is 21.3. The number of rotatable bonds is 3. The van der Waals surface area contributed by atoms with Gasteiger partial charge in [-0.05, 0) is 47.6 Å². The van der Waals surface area contributed by atoms with Crippen LogP contribution in [0.25, 0.3) is 0 Å². The minimum atomic E-state index is -0.596. The third-order valence-electron chi connectivity index (χ3n) is 5.94. The number of hydrogen-bond donors (Lipinski definition) is 1. The number of nitrogens with zero attached hydrogens (tertiary/aromatic N) is 1. The number of hydrogen-bond acceptors (Lipinski definition) is 3. The molecule has 5 heteroatoms. The van der Waals surface area contributed by atoms with Gasteiger partial charge in [0.2, 0.25) is 5.91 Å². The molecule has 1 amide bonds. The highest BCUT2D eigenvalue weighted by molar-refractivity contribution is 6.06. The van der Waals surface area contributed by atoms with E-state index in [0.717, 1.165) is 22.6 Å². The number of para-hydroxylation sites is 2. The van der Waals surface area contributed by atoms with Crippen molar-refractivity contribution in [2.24, 2.45) is 11.3 Å². The Morgan fingerprint density at radius 1 is 1.13 bits per heavy atom. The van der Waals surface area contributed by atoms with Gasteiger partial charge in [0.15, 0.2) is 5.78 Å². The summed E-state index contributed by atoms with van der Waals surface area (Å²) in [6.45, 7) is 8.18. The van der Waals surface area contributed by atoms with Crippen LogP contribution in [-0.2, 0) is 9.59 Å². The first-order valence-electron chi connectivity index (χ1n) is 10.9. The van der Waals surface area contributed by atoms with Crippen molar-refractivity contribution < 1.29 is 14.0 Å². The predicted octanol–water partition coefficient (Wildman–Crippen LogP) is 6.01. The predicted molar refractivity (Wildman–Crippen MR) is 121 cm³/mol. The van der Waals surface area contributed by atoms with E-state index in [2.05, 4.69) is 19.2 Å². The molecule has 31 heavy (non-hydrogen) atoms. The number of amides is 1. The highest BCUT2D eigenvalue weighted by Crippen LogP contribution is 2.48. The van der Waals surface area contributed by atoms with E-state index in [9.17, 15) is 14.0 Å². The highest BCUT2D eigenvalue weighted by Gasteiger charge is 2.43. The molecule has 0 radical (unpaired) electrons. The zero-order chi connectivity index (χ0) is 22.3. The first-order chi connectivity index (χ1) is 14.7. The van der Waals surface area contributed by atoms with Crippen molar-refractivity contribution in [3.8, 4) is 0 Å². The van der Waals surface area contributed by atoms with Gasteiger partial charge in [-0.2, -0.15) is 0 Å². The van der Waals surface area contributed by atoms with Gasteiger partial charge < -0.3 is 5.32 Å². The molecule has 1 atom stereocenters. The van der Waals surface area contributed by atoms with E-state index in [1.165, 1.54) is 12.1 Å². The Balaban J connectivity index is 1.98. The van der Waals surface area contributed by atoms with E-state index in [1.54, 1.807) is 17.0 Å². The molecule has 0 saturated heterocycles. The monoisotopic (exact) mass is 420 g/mol. The van der Waals surface area contributed by atoms with Gasteiger partial charge in [-0.3, -0.25) is 14.5 Å². The molecule has 0 bridgehead atoms. The normalized spacial score (nSPS) is 20.1. The van der Waals surface area contributed by atoms with E-state index in [-0.39, 0.29) is 28.8 Å². The number of Topliss-reactive ketones (excluding diaryl/α,β-unsaturated/α-hetero) is 1. The third kappa shape index (κ3) is 4.14. The summed E-state index contributed by atoms with van der Waals surface area (Å²) in [5.41, 5.74) is 3.56. The van der Waals surface area contributed by atoms with Gasteiger partial charge in [0.05, 0.1) is 17.4 Å². The number of halogens is 1. The number of ketones is 1. The molecule has 0 saturated carbocycles. The lowest BCUT2D eigenvalue weighted by molar-refractivity contribution is -0.120. The van der Waals surface area contributed by atoms with Gasteiger partial charge in [-0.15, -0.1) is 0 Å². The Morgan fingerprint density at radius 2 is 1.81 bits per heavy atom. The highest BCUT2D eigenvalue weighted by atomic mass is 19.1. The van der Waals surface area contributed by atoms with E-state index in [1.807, 2.05) is 38.1 Å². The lowest BCUT2D eigenvalue weighted by Crippen LogP contribution is -2.40. The largest absolute Gasteiger partial charge is 0.357 e. The molecule has 1 aliphatic heterocycles. The van der Waals surface area contributed by atoms with Crippen LogP contribution in [0.3, 0.4) is 0 Å². The maximum atomic E-state index is 13.7.